The number of rotatable bonds is 11. The van der Waals surface area contributed by atoms with Gasteiger partial charge in [0.25, 0.3) is 11.5 Å². The van der Waals surface area contributed by atoms with Crippen molar-refractivity contribution < 1.29 is 21.6 Å². The lowest BCUT2D eigenvalue weighted by Gasteiger charge is -2.31. The first-order chi connectivity index (χ1) is 21.5. The van der Waals surface area contributed by atoms with Gasteiger partial charge in [-0.1, -0.05) is 23.3 Å². The van der Waals surface area contributed by atoms with Crippen LogP contribution in [0.3, 0.4) is 0 Å². The molecular formula is C30H37F3N8O3S. The second-order valence-corrected chi connectivity index (χ2v) is 14.1. The summed E-state index contributed by atoms with van der Waals surface area (Å²) in [6.45, 7) is 3.10. The highest BCUT2D eigenvalue weighted by molar-refractivity contribution is 7.91. The average Bonchev–Trinajstić information content (AvgIpc) is 3.02. The van der Waals surface area contributed by atoms with Crippen molar-refractivity contribution in [1.82, 2.24) is 19.9 Å². The van der Waals surface area contributed by atoms with Crippen LogP contribution in [0.15, 0.2) is 40.5 Å². The van der Waals surface area contributed by atoms with E-state index < -0.39 is 39.1 Å². The molecule has 11 nitrogen and oxygen atoms in total. The van der Waals surface area contributed by atoms with Crippen LogP contribution in [0.25, 0.3) is 21.5 Å². The largest absolute Gasteiger partial charge is 0.363 e. The van der Waals surface area contributed by atoms with E-state index >= 15 is 13.2 Å². The molecule has 15 heteroatoms. The SMILES string of the molecule is CC(Nc1ncnc2c1cc(C1CCS(=O)(=O)CC1)c(=O)n2CCCCN=[N+]=[N-])c1cccc(C(F)(F)C2CCNCC2)c1F. The van der Waals surface area contributed by atoms with Crippen LogP contribution in [0.1, 0.15) is 74.1 Å². The van der Waals surface area contributed by atoms with Crippen molar-refractivity contribution in [2.75, 3.05) is 36.5 Å². The molecule has 1 unspecified atom stereocenters. The normalized spacial score (nSPS) is 18.4. The molecule has 1 aromatic carbocycles. The van der Waals surface area contributed by atoms with Gasteiger partial charge in [0.1, 0.15) is 33.4 Å². The van der Waals surface area contributed by atoms with E-state index in [9.17, 15) is 13.2 Å². The Balaban J connectivity index is 1.51. The van der Waals surface area contributed by atoms with Gasteiger partial charge < -0.3 is 10.6 Å². The van der Waals surface area contributed by atoms with Crippen molar-refractivity contribution in [2.24, 2.45) is 11.0 Å². The molecule has 0 bridgehead atoms. The Morgan fingerprint density at radius 3 is 2.62 bits per heavy atom. The number of fused-ring (bicyclic) bond motifs is 1. The highest BCUT2D eigenvalue weighted by Gasteiger charge is 2.44. The van der Waals surface area contributed by atoms with Crippen molar-refractivity contribution in [2.45, 2.75) is 69.9 Å². The van der Waals surface area contributed by atoms with Gasteiger partial charge in [-0.3, -0.25) is 9.36 Å². The Morgan fingerprint density at radius 1 is 1.18 bits per heavy atom. The van der Waals surface area contributed by atoms with Crippen LogP contribution in [0, 0.1) is 11.7 Å². The molecule has 4 heterocycles. The lowest BCUT2D eigenvalue weighted by atomic mass is 9.86. The number of azide groups is 1. The fourth-order valence-electron chi connectivity index (χ4n) is 6.35. The third kappa shape index (κ3) is 7.10. The zero-order valence-corrected chi connectivity index (χ0v) is 25.9. The Hall–Kier alpha value is -3.68. The van der Waals surface area contributed by atoms with Gasteiger partial charge in [-0.15, -0.1) is 0 Å². The number of sulfone groups is 1. The summed E-state index contributed by atoms with van der Waals surface area (Å²) in [4.78, 5) is 25.3. The zero-order valence-electron chi connectivity index (χ0n) is 25.1. The van der Waals surface area contributed by atoms with Gasteiger partial charge >= 0.3 is 0 Å². The van der Waals surface area contributed by atoms with Crippen LogP contribution in [0.5, 0.6) is 0 Å². The van der Waals surface area contributed by atoms with Crippen molar-refractivity contribution in [3.05, 3.63) is 73.9 Å². The van der Waals surface area contributed by atoms with E-state index in [0.29, 0.717) is 55.4 Å². The molecule has 2 aliphatic rings. The third-order valence-corrected chi connectivity index (χ3v) is 10.6. The number of aryl methyl sites for hydroxylation is 1. The summed E-state index contributed by atoms with van der Waals surface area (Å²) in [5, 5.41) is 10.2. The van der Waals surface area contributed by atoms with E-state index in [1.165, 1.54) is 23.0 Å². The lowest BCUT2D eigenvalue weighted by Crippen LogP contribution is -2.37. The summed E-state index contributed by atoms with van der Waals surface area (Å²) in [7, 11) is -3.17. The molecule has 0 amide bonds. The molecule has 0 saturated carbocycles. The van der Waals surface area contributed by atoms with E-state index in [1.54, 1.807) is 13.0 Å². The Labute approximate surface area is 259 Å². The number of alkyl halides is 2. The number of halogens is 3. The Bertz CT molecular complexity index is 1740. The minimum Gasteiger partial charge on any atom is -0.363 e. The predicted molar refractivity (Wildman–Crippen MR) is 166 cm³/mol. The molecule has 5 rings (SSSR count). The molecule has 0 radical (unpaired) electrons. The predicted octanol–water partition coefficient (Wildman–Crippen LogP) is 5.58. The summed E-state index contributed by atoms with van der Waals surface area (Å²) in [5.41, 5.74) is 8.48. The van der Waals surface area contributed by atoms with E-state index in [-0.39, 0.29) is 60.3 Å². The van der Waals surface area contributed by atoms with Gasteiger partial charge in [-0.25, -0.2) is 31.6 Å². The number of unbranched alkanes of at least 4 members (excludes halogenated alkanes) is 1. The number of nitrogens with zero attached hydrogens (tertiary/aromatic N) is 6. The van der Waals surface area contributed by atoms with Crippen LogP contribution >= 0.6 is 0 Å². The number of nitrogens with one attached hydrogen (secondary N) is 2. The summed E-state index contributed by atoms with van der Waals surface area (Å²) < 4.78 is 72.5. The molecule has 2 saturated heterocycles. The van der Waals surface area contributed by atoms with E-state index in [4.69, 9.17) is 5.53 Å². The topological polar surface area (TPSA) is 155 Å². The molecule has 2 N–H and O–H groups in total. The maximum atomic E-state index is 15.8. The van der Waals surface area contributed by atoms with Crippen LogP contribution in [0.2, 0.25) is 0 Å². The molecule has 242 valence electrons. The van der Waals surface area contributed by atoms with Crippen LogP contribution in [0.4, 0.5) is 19.0 Å². The number of piperidine rings is 1. The summed E-state index contributed by atoms with van der Waals surface area (Å²) in [6, 6.07) is 4.93. The fourth-order valence-corrected chi connectivity index (χ4v) is 7.84. The monoisotopic (exact) mass is 646 g/mol. The van der Waals surface area contributed by atoms with E-state index in [0.717, 1.165) is 6.07 Å². The van der Waals surface area contributed by atoms with Crippen molar-refractivity contribution >= 4 is 26.7 Å². The molecular weight excluding hydrogens is 609 g/mol. The number of hydrogen-bond acceptors (Lipinski definition) is 8. The minimum absolute atomic E-state index is 0.0215. The van der Waals surface area contributed by atoms with Gasteiger partial charge in [-0.2, -0.15) is 0 Å². The van der Waals surface area contributed by atoms with Crippen LogP contribution in [-0.4, -0.2) is 54.1 Å². The fraction of sp³-hybridized carbons (Fsp3) is 0.567. The highest BCUT2D eigenvalue weighted by Crippen LogP contribution is 2.43. The first-order valence-corrected chi connectivity index (χ1v) is 17.1. The molecule has 0 spiro atoms. The van der Waals surface area contributed by atoms with Crippen molar-refractivity contribution in [1.29, 1.82) is 0 Å². The Morgan fingerprint density at radius 2 is 1.91 bits per heavy atom. The zero-order chi connectivity index (χ0) is 32.2. The van der Waals surface area contributed by atoms with Crippen LogP contribution < -0.4 is 16.2 Å². The van der Waals surface area contributed by atoms with Gasteiger partial charge in [0.05, 0.1) is 28.5 Å². The quantitative estimate of drug-likeness (QED) is 0.119. The molecule has 45 heavy (non-hydrogen) atoms. The van der Waals surface area contributed by atoms with Crippen LogP contribution in [-0.2, 0) is 22.3 Å². The van der Waals surface area contributed by atoms with E-state index in [1.807, 2.05) is 0 Å². The standard InChI is InChI=1S/C30H37F3N8O3S/c1-19(22-5-4-6-25(26(22)31)30(32,33)21-7-12-35-13-8-21)39-27-24-17-23(20-9-15-45(43,44)16-10-20)29(42)41(28(24)37-18-36-27)14-3-2-11-38-40-34/h4-6,17-21,35H,2-3,7-16H2,1H3,(H,36,37,39). The molecule has 1 atom stereocenters. The summed E-state index contributed by atoms with van der Waals surface area (Å²) in [5.74, 6) is -5.32. The average molecular weight is 647 g/mol. The Kier molecular flexibility index (Phi) is 10.00. The summed E-state index contributed by atoms with van der Waals surface area (Å²) in [6.07, 6.45) is 3.43. The third-order valence-electron chi connectivity index (χ3n) is 8.92. The molecule has 2 aromatic heterocycles. The summed E-state index contributed by atoms with van der Waals surface area (Å²) >= 11 is 0. The molecule has 0 aliphatic carbocycles. The molecule has 2 aliphatic heterocycles. The maximum Gasteiger partial charge on any atom is 0.278 e. The van der Waals surface area contributed by atoms with Crippen molar-refractivity contribution in [3.63, 3.8) is 0 Å². The maximum absolute atomic E-state index is 15.8. The number of benzene rings is 1. The molecule has 3 aromatic rings. The van der Waals surface area contributed by atoms with Crippen molar-refractivity contribution in [3.8, 4) is 0 Å². The number of aromatic nitrogens is 3. The van der Waals surface area contributed by atoms with E-state index in [2.05, 4.69) is 30.6 Å². The number of anilines is 1. The van der Waals surface area contributed by atoms with Gasteiger partial charge in [-0.05, 0) is 76.1 Å². The van der Waals surface area contributed by atoms with Gasteiger partial charge in [0.15, 0.2) is 0 Å². The molecule has 2 fully saturated rings. The lowest BCUT2D eigenvalue weighted by molar-refractivity contribution is -0.0781. The number of hydrogen-bond donors (Lipinski definition) is 2. The smallest absolute Gasteiger partial charge is 0.278 e. The second kappa shape index (κ2) is 13.8. The first-order valence-electron chi connectivity index (χ1n) is 15.3. The van der Waals surface area contributed by atoms with Gasteiger partial charge in [0.2, 0.25) is 0 Å². The number of pyridine rings is 1. The highest BCUT2D eigenvalue weighted by atomic mass is 32.2. The second-order valence-electron chi connectivity index (χ2n) is 11.8. The first kappa shape index (κ1) is 32.7. The van der Waals surface area contributed by atoms with Gasteiger partial charge in [0, 0.05) is 35.0 Å². The minimum atomic E-state index is -3.33.